The molecule has 0 aromatic heterocycles. The van der Waals surface area contributed by atoms with E-state index in [0.29, 0.717) is 6.42 Å². The van der Waals surface area contributed by atoms with Crippen LogP contribution >= 0.6 is 0 Å². The van der Waals surface area contributed by atoms with Gasteiger partial charge in [-0.05, 0) is 24.5 Å². The average molecular weight is 288 g/mol. The van der Waals surface area contributed by atoms with Gasteiger partial charge in [-0.1, -0.05) is 13.0 Å². The molecule has 5 nitrogen and oxygen atoms in total. The maximum absolute atomic E-state index is 13.7. The molecule has 0 aliphatic carbocycles. The number of nitrogens with two attached hydrogens (primary N) is 1. The third kappa shape index (κ3) is 2.58. The van der Waals surface area contributed by atoms with Crippen LogP contribution in [0.5, 0.6) is 0 Å². The number of nitrogen functional groups attached to an aromatic ring is 1. The van der Waals surface area contributed by atoms with Crippen LogP contribution in [0.25, 0.3) is 0 Å². The summed E-state index contributed by atoms with van der Waals surface area (Å²) in [5.74, 6) is -0.836. The van der Waals surface area contributed by atoms with Crippen LogP contribution in [0.4, 0.5) is 10.1 Å². The Morgan fingerprint density at radius 1 is 1.47 bits per heavy atom. The van der Waals surface area contributed by atoms with Crippen LogP contribution in [0.1, 0.15) is 13.3 Å². The lowest BCUT2D eigenvalue weighted by Crippen LogP contribution is -2.46. The molecule has 1 heterocycles. The van der Waals surface area contributed by atoms with Gasteiger partial charge in [-0.15, -0.1) is 0 Å². The number of β-amino-alcohol motifs (C(OH)–C–C–N with tert-alkyl or cyclic N) is 1. The van der Waals surface area contributed by atoms with Crippen LogP contribution in [0.15, 0.2) is 23.1 Å². The monoisotopic (exact) mass is 288 g/mol. The van der Waals surface area contributed by atoms with E-state index in [1.165, 1.54) is 12.1 Å². The maximum atomic E-state index is 13.7. The van der Waals surface area contributed by atoms with E-state index in [0.717, 1.165) is 10.4 Å². The molecule has 1 aliphatic heterocycles. The van der Waals surface area contributed by atoms with E-state index in [2.05, 4.69) is 0 Å². The zero-order chi connectivity index (χ0) is 14.2. The van der Waals surface area contributed by atoms with Gasteiger partial charge in [0, 0.05) is 13.1 Å². The van der Waals surface area contributed by atoms with Crippen LogP contribution in [-0.2, 0) is 10.0 Å². The van der Waals surface area contributed by atoms with E-state index < -0.39 is 26.8 Å². The predicted molar refractivity (Wildman–Crippen MR) is 69.4 cm³/mol. The molecule has 2 rings (SSSR count). The number of hydrogen-bond donors (Lipinski definition) is 2. The number of halogens is 1. The highest BCUT2D eigenvalue weighted by Gasteiger charge is 2.35. The maximum Gasteiger partial charge on any atom is 0.248 e. The number of rotatable bonds is 2. The molecule has 2 atom stereocenters. The fourth-order valence-corrected chi connectivity index (χ4v) is 3.80. The van der Waals surface area contributed by atoms with Gasteiger partial charge in [0.1, 0.15) is 10.7 Å². The van der Waals surface area contributed by atoms with Gasteiger partial charge in [-0.25, -0.2) is 12.8 Å². The lowest BCUT2D eigenvalue weighted by molar-refractivity contribution is 0.0604. The van der Waals surface area contributed by atoms with Crippen LogP contribution in [0.3, 0.4) is 0 Å². The van der Waals surface area contributed by atoms with E-state index >= 15 is 0 Å². The summed E-state index contributed by atoms with van der Waals surface area (Å²) < 4.78 is 39.6. The average Bonchev–Trinajstić information content (AvgIpc) is 2.32. The molecule has 19 heavy (non-hydrogen) atoms. The summed E-state index contributed by atoms with van der Waals surface area (Å²) in [5, 5.41) is 9.77. The van der Waals surface area contributed by atoms with Crippen molar-refractivity contribution in [3.8, 4) is 0 Å². The second kappa shape index (κ2) is 5.07. The summed E-state index contributed by atoms with van der Waals surface area (Å²) in [6.45, 7) is 2.08. The van der Waals surface area contributed by atoms with E-state index in [-0.39, 0.29) is 24.7 Å². The van der Waals surface area contributed by atoms with Crippen LogP contribution < -0.4 is 5.73 Å². The van der Waals surface area contributed by atoms with Gasteiger partial charge in [0.2, 0.25) is 10.0 Å². The number of aliphatic hydroxyl groups is 1. The van der Waals surface area contributed by atoms with Crippen LogP contribution in [0, 0.1) is 11.7 Å². The summed E-state index contributed by atoms with van der Waals surface area (Å²) >= 11 is 0. The topological polar surface area (TPSA) is 83.6 Å². The summed E-state index contributed by atoms with van der Waals surface area (Å²) in [6, 6.07) is 3.77. The van der Waals surface area contributed by atoms with Gasteiger partial charge in [-0.3, -0.25) is 0 Å². The van der Waals surface area contributed by atoms with Crippen molar-refractivity contribution >= 4 is 15.7 Å². The standard InChI is InChI=1S/C12H17FN2O3S/c1-8-5-6-15(7-11(8)16)19(17,18)12-9(13)3-2-4-10(12)14/h2-4,8,11,16H,5-7,14H2,1H3. The molecule has 0 spiro atoms. The quantitative estimate of drug-likeness (QED) is 0.788. The van der Waals surface area contributed by atoms with Crippen molar-refractivity contribution in [1.29, 1.82) is 0 Å². The lowest BCUT2D eigenvalue weighted by Gasteiger charge is -2.33. The van der Waals surface area contributed by atoms with Crippen LogP contribution in [-0.4, -0.2) is 37.0 Å². The van der Waals surface area contributed by atoms with E-state index in [1.54, 1.807) is 0 Å². The summed E-state index contributed by atoms with van der Waals surface area (Å²) in [6.07, 6.45) is -0.203. The Morgan fingerprint density at radius 3 is 2.74 bits per heavy atom. The molecule has 0 radical (unpaired) electrons. The highest BCUT2D eigenvalue weighted by Crippen LogP contribution is 2.28. The third-order valence-electron chi connectivity index (χ3n) is 3.48. The van der Waals surface area contributed by atoms with E-state index in [1.807, 2.05) is 6.92 Å². The first-order chi connectivity index (χ1) is 8.84. The first-order valence-corrected chi connectivity index (χ1v) is 7.50. The van der Waals surface area contributed by atoms with Gasteiger partial charge in [-0.2, -0.15) is 4.31 Å². The second-order valence-electron chi connectivity index (χ2n) is 4.85. The smallest absolute Gasteiger partial charge is 0.248 e. The SMILES string of the molecule is CC1CCN(S(=O)(=O)c2c(N)cccc2F)CC1O. The second-order valence-corrected chi connectivity index (χ2v) is 6.73. The molecule has 0 amide bonds. The Morgan fingerprint density at radius 2 is 2.16 bits per heavy atom. The van der Waals surface area contributed by atoms with E-state index in [9.17, 15) is 17.9 Å². The summed E-state index contributed by atoms with van der Waals surface area (Å²) in [7, 11) is -4.01. The largest absolute Gasteiger partial charge is 0.398 e. The highest BCUT2D eigenvalue weighted by molar-refractivity contribution is 7.89. The Labute approximate surface area is 111 Å². The highest BCUT2D eigenvalue weighted by atomic mass is 32.2. The summed E-state index contributed by atoms with van der Waals surface area (Å²) in [5.41, 5.74) is 5.45. The van der Waals surface area contributed by atoms with Crippen molar-refractivity contribution < 1.29 is 17.9 Å². The first-order valence-electron chi connectivity index (χ1n) is 6.06. The number of benzene rings is 1. The fraction of sp³-hybridized carbons (Fsp3) is 0.500. The number of hydrogen-bond acceptors (Lipinski definition) is 4. The predicted octanol–water partition coefficient (Wildman–Crippen LogP) is 0.799. The molecule has 7 heteroatoms. The van der Waals surface area contributed by atoms with Gasteiger partial charge >= 0.3 is 0 Å². The molecule has 0 bridgehead atoms. The minimum atomic E-state index is -4.01. The Kier molecular flexibility index (Phi) is 3.80. The van der Waals surface area contributed by atoms with Gasteiger partial charge < -0.3 is 10.8 Å². The molecule has 1 aromatic carbocycles. The Balaban J connectivity index is 2.38. The summed E-state index contributed by atoms with van der Waals surface area (Å²) in [4.78, 5) is -0.503. The molecule has 3 N–H and O–H groups in total. The number of nitrogens with zero attached hydrogens (tertiary/aromatic N) is 1. The Hall–Kier alpha value is -1.18. The van der Waals surface area contributed by atoms with Gasteiger partial charge in [0.25, 0.3) is 0 Å². The molecule has 1 saturated heterocycles. The van der Waals surface area contributed by atoms with Crippen molar-refractivity contribution in [2.24, 2.45) is 5.92 Å². The van der Waals surface area contributed by atoms with Crippen molar-refractivity contribution in [3.63, 3.8) is 0 Å². The van der Waals surface area contributed by atoms with Crippen LogP contribution in [0.2, 0.25) is 0 Å². The van der Waals surface area contributed by atoms with Crippen molar-refractivity contribution in [3.05, 3.63) is 24.0 Å². The molecule has 1 aliphatic rings. The van der Waals surface area contributed by atoms with Crippen molar-refractivity contribution in [2.75, 3.05) is 18.8 Å². The first kappa shape index (κ1) is 14.2. The zero-order valence-corrected chi connectivity index (χ0v) is 11.4. The van der Waals surface area contributed by atoms with Crippen molar-refractivity contribution in [2.45, 2.75) is 24.3 Å². The third-order valence-corrected chi connectivity index (χ3v) is 5.43. The van der Waals surface area contributed by atoms with Gasteiger partial charge in [0.05, 0.1) is 11.8 Å². The number of aliphatic hydroxyl groups excluding tert-OH is 1. The van der Waals surface area contributed by atoms with Gasteiger partial charge in [0.15, 0.2) is 0 Å². The Bertz CT molecular complexity index is 556. The minimum absolute atomic E-state index is 0.0305. The lowest BCUT2D eigenvalue weighted by atomic mass is 9.98. The number of piperidine rings is 1. The number of sulfonamides is 1. The fourth-order valence-electron chi connectivity index (χ4n) is 2.16. The molecule has 1 fully saturated rings. The minimum Gasteiger partial charge on any atom is -0.398 e. The molecule has 1 aromatic rings. The van der Waals surface area contributed by atoms with Crippen molar-refractivity contribution in [1.82, 2.24) is 4.31 Å². The molecule has 0 saturated carbocycles. The molecular formula is C12H17FN2O3S. The molecule has 106 valence electrons. The molecular weight excluding hydrogens is 271 g/mol. The number of anilines is 1. The van der Waals surface area contributed by atoms with E-state index in [4.69, 9.17) is 5.73 Å². The normalized spacial score (nSPS) is 25.4. The zero-order valence-electron chi connectivity index (χ0n) is 10.6. The molecule has 2 unspecified atom stereocenters.